The van der Waals surface area contributed by atoms with E-state index in [2.05, 4.69) is 4.72 Å². The van der Waals surface area contributed by atoms with Crippen molar-refractivity contribution in [1.29, 1.82) is 0 Å². The number of aryl methyl sites for hydroxylation is 1. The summed E-state index contributed by atoms with van der Waals surface area (Å²) in [6.07, 6.45) is 0. The van der Waals surface area contributed by atoms with Gasteiger partial charge in [-0.2, -0.15) is 0 Å². The molecular formula is C18H24ClN3O3S. The lowest BCUT2D eigenvalue weighted by Gasteiger charge is -2.18. The summed E-state index contributed by atoms with van der Waals surface area (Å²) in [6.45, 7) is 2.72. The zero-order valence-corrected chi connectivity index (χ0v) is 16.4. The highest BCUT2D eigenvalue weighted by molar-refractivity contribution is 7.89. The molecule has 3 N–H and O–H groups in total. The molecule has 0 saturated heterocycles. The maximum atomic E-state index is 12.3. The Morgan fingerprint density at radius 3 is 2.19 bits per heavy atom. The summed E-state index contributed by atoms with van der Waals surface area (Å²) in [7, 11) is -1.94. The van der Waals surface area contributed by atoms with Crippen LogP contribution in [0.25, 0.3) is 0 Å². The van der Waals surface area contributed by atoms with Gasteiger partial charge in [0.25, 0.3) is 5.91 Å². The maximum absolute atomic E-state index is 12.3. The normalized spacial score (nSPS) is 10.9. The number of rotatable bonds is 7. The van der Waals surface area contributed by atoms with Gasteiger partial charge in [0.1, 0.15) is 0 Å². The van der Waals surface area contributed by atoms with Crippen molar-refractivity contribution in [2.45, 2.75) is 18.4 Å². The van der Waals surface area contributed by atoms with E-state index in [1.54, 1.807) is 55.6 Å². The first-order chi connectivity index (χ1) is 11.8. The Kier molecular flexibility index (Phi) is 8.23. The second-order valence-corrected chi connectivity index (χ2v) is 7.61. The van der Waals surface area contributed by atoms with E-state index in [-0.39, 0.29) is 36.3 Å². The molecule has 0 spiro atoms. The van der Waals surface area contributed by atoms with Crippen LogP contribution in [-0.2, 0) is 16.6 Å². The third-order valence-corrected chi connectivity index (χ3v) is 5.33. The Morgan fingerprint density at radius 1 is 1.08 bits per heavy atom. The van der Waals surface area contributed by atoms with E-state index in [4.69, 9.17) is 5.73 Å². The molecule has 8 heteroatoms. The topological polar surface area (TPSA) is 92.5 Å². The van der Waals surface area contributed by atoms with Gasteiger partial charge >= 0.3 is 0 Å². The van der Waals surface area contributed by atoms with E-state index < -0.39 is 10.0 Å². The van der Waals surface area contributed by atoms with Crippen molar-refractivity contribution >= 4 is 28.3 Å². The molecule has 0 atom stereocenters. The van der Waals surface area contributed by atoms with Gasteiger partial charge in [-0.05, 0) is 36.8 Å². The van der Waals surface area contributed by atoms with Crippen molar-refractivity contribution in [3.05, 3.63) is 65.2 Å². The van der Waals surface area contributed by atoms with Gasteiger partial charge in [-0.15, -0.1) is 12.4 Å². The number of sulfonamides is 1. The lowest BCUT2D eigenvalue weighted by molar-refractivity contribution is 0.0797. The van der Waals surface area contributed by atoms with Crippen LogP contribution in [-0.4, -0.2) is 39.4 Å². The van der Waals surface area contributed by atoms with E-state index in [0.717, 1.165) is 11.1 Å². The predicted molar refractivity (Wildman–Crippen MR) is 105 cm³/mol. The number of halogens is 1. The first kappa shape index (κ1) is 22.1. The van der Waals surface area contributed by atoms with Crippen LogP contribution in [0, 0.1) is 6.92 Å². The number of nitrogens with one attached hydrogen (secondary N) is 1. The summed E-state index contributed by atoms with van der Waals surface area (Å²) in [5, 5.41) is 0. The molecule has 0 aliphatic carbocycles. The van der Waals surface area contributed by atoms with Gasteiger partial charge in [0.05, 0.1) is 4.90 Å². The van der Waals surface area contributed by atoms with Crippen molar-refractivity contribution < 1.29 is 13.2 Å². The van der Waals surface area contributed by atoms with E-state index in [9.17, 15) is 13.2 Å². The zero-order chi connectivity index (χ0) is 18.4. The molecule has 26 heavy (non-hydrogen) atoms. The molecule has 142 valence electrons. The van der Waals surface area contributed by atoms with Crippen molar-refractivity contribution in [3.8, 4) is 0 Å². The fourth-order valence-electron chi connectivity index (χ4n) is 2.25. The predicted octanol–water partition coefficient (Wildman–Crippen LogP) is 1.93. The molecule has 0 heterocycles. The summed E-state index contributed by atoms with van der Waals surface area (Å²) in [5.74, 6) is -0.168. The minimum atomic E-state index is -3.57. The largest absolute Gasteiger partial charge is 0.340 e. The first-order valence-corrected chi connectivity index (χ1v) is 9.42. The molecule has 2 aromatic carbocycles. The third-order valence-electron chi connectivity index (χ3n) is 3.85. The highest BCUT2D eigenvalue weighted by Gasteiger charge is 2.15. The second kappa shape index (κ2) is 9.68. The number of nitrogens with zero attached hydrogens (tertiary/aromatic N) is 1. The van der Waals surface area contributed by atoms with Crippen LogP contribution >= 0.6 is 12.4 Å². The number of hydrogen-bond acceptors (Lipinski definition) is 4. The number of amides is 1. The van der Waals surface area contributed by atoms with Crippen molar-refractivity contribution in [2.75, 3.05) is 20.1 Å². The van der Waals surface area contributed by atoms with Crippen molar-refractivity contribution in [1.82, 2.24) is 9.62 Å². The van der Waals surface area contributed by atoms with E-state index in [1.807, 2.05) is 6.92 Å². The highest BCUT2D eigenvalue weighted by Crippen LogP contribution is 2.10. The molecular weight excluding hydrogens is 374 g/mol. The average molecular weight is 398 g/mol. The lowest BCUT2D eigenvalue weighted by Crippen LogP contribution is -2.36. The van der Waals surface area contributed by atoms with E-state index in [1.165, 1.54) is 4.90 Å². The molecule has 2 aromatic rings. The Labute approximate surface area is 160 Å². The number of hydrogen-bond donors (Lipinski definition) is 2. The van der Waals surface area contributed by atoms with Gasteiger partial charge in [-0.3, -0.25) is 4.79 Å². The summed E-state index contributed by atoms with van der Waals surface area (Å²) in [4.78, 5) is 14.0. The standard InChI is InChI=1S/C18H23N3O3S.ClH/c1-14-3-9-17(10-4-14)25(23,24)20-11-12-21(2)18(22)16-7-5-15(13-19)6-8-16;/h3-10,20H,11-13,19H2,1-2H3;1H. The van der Waals surface area contributed by atoms with Crippen molar-refractivity contribution in [3.63, 3.8) is 0 Å². The van der Waals surface area contributed by atoms with Crippen LogP contribution in [0.5, 0.6) is 0 Å². The Hall–Kier alpha value is -1.93. The summed E-state index contributed by atoms with van der Waals surface area (Å²) >= 11 is 0. The molecule has 0 bridgehead atoms. The fraction of sp³-hybridized carbons (Fsp3) is 0.278. The van der Waals surface area contributed by atoms with Gasteiger partial charge < -0.3 is 10.6 Å². The number of likely N-dealkylation sites (N-methyl/N-ethyl adjacent to an activating group) is 1. The Morgan fingerprint density at radius 2 is 1.65 bits per heavy atom. The quantitative estimate of drug-likeness (QED) is 0.746. The highest BCUT2D eigenvalue weighted by atomic mass is 35.5. The molecule has 0 aromatic heterocycles. The zero-order valence-electron chi connectivity index (χ0n) is 14.8. The minimum Gasteiger partial charge on any atom is -0.340 e. The van der Waals surface area contributed by atoms with Crippen LogP contribution < -0.4 is 10.5 Å². The summed E-state index contributed by atoms with van der Waals surface area (Å²) < 4.78 is 26.9. The second-order valence-electron chi connectivity index (χ2n) is 5.84. The summed E-state index contributed by atoms with van der Waals surface area (Å²) in [6, 6.07) is 13.7. The first-order valence-electron chi connectivity index (χ1n) is 7.94. The third kappa shape index (κ3) is 5.81. The van der Waals surface area contributed by atoms with Gasteiger partial charge in [0, 0.05) is 32.2 Å². The van der Waals surface area contributed by atoms with Crippen LogP contribution in [0.2, 0.25) is 0 Å². The molecule has 0 aliphatic rings. The monoisotopic (exact) mass is 397 g/mol. The van der Waals surface area contributed by atoms with Crippen LogP contribution in [0.1, 0.15) is 21.5 Å². The Balaban J connectivity index is 0.00000338. The number of benzene rings is 2. The molecule has 0 aliphatic heterocycles. The van der Waals surface area contributed by atoms with Gasteiger partial charge in [0.15, 0.2) is 0 Å². The SMILES string of the molecule is Cc1ccc(S(=O)(=O)NCCN(C)C(=O)c2ccc(CN)cc2)cc1.Cl. The molecule has 0 saturated carbocycles. The van der Waals surface area contributed by atoms with E-state index in [0.29, 0.717) is 12.1 Å². The fourth-order valence-corrected chi connectivity index (χ4v) is 3.27. The van der Waals surface area contributed by atoms with Gasteiger partial charge in [0.2, 0.25) is 10.0 Å². The molecule has 0 fully saturated rings. The molecule has 0 unspecified atom stereocenters. The molecule has 6 nitrogen and oxygen atoms in total. The maximum Gasteiger partial charge on any atom is 0.253 e. The molecule has 0 radical (unpaired) electrons. The van der Waals surface area contributed by atoms with E-state index >= 15 is 0 Å². The summed E-state index contributed by atoms with van der Waals surface area (Å²) in [5.41, 5.74) is 8.02. The Bertz CT molecular complexity index is 822. The molecule has 1 amide bonds. The number of carbonyl (C=O) groups is 1. The average Bonchev–Trinajstić information content (AvgIpc) is 2.61. The number of nitrogens with two attached hydrogens (primary N) is 1. The van der Waals surface area contributed by atoms with Crippen molar-refractivity contribution in [2.24, 2.45) is 5.73 Å². The number of carbonyl (C=O) groups excluding carboxylic acids is 1. The lowest BCUT2D eigenvalue weighted by atomic mass is 10.1. The minimum absolute atomic E-state index is 0. The van der Waals surface area contributed by atoms with Gasteiger partial charge in [-0.25, -0.2) is 13.1 Å². The smallest absolute Gasteiger partial charge is 0.253 e. The van der Waals surface area contributed by atoms with Crippen LogP contribution in [0.15, 0.2) is 53.4 Å². The molecule has 2 rings (SSSR count). The van der Waals surface area contributed by atoms with Crippen LogP contribution in [0.4, 0.5) is 0 Å². The van der Waals surface area contributed by atoms with Crippen LogP contribution in [0.3, 0.4) is 0 Å². The van der Waals surface area contributed by atoms with Gasteiger partial charge in [-0.1, -0.05) is 29.8 Å².